The molecule has 0 saturated heterocycles. The molecule has 0 atom stereocenters. The van der Waals surface area contributed by atoms with E-state index >= 15 is 0 Å². The average molecular weight is 501 g/mol. The lowest BCUT2D eigenvalue weighted by atomic mass is 10.0. The first-order chi connectivity index (χ1) is 18.0. The van der Waals surface area contributed by atoms with Gasteiger partial charge in [-0.3, -0.25) is 14.4 Å². The molecule has 0 fully saturated rings. The molecule has 1 amide bonds. The van der Waals surface area contributed by atoms with E-state index in [4.69, 9.17) is 19.2 Å². The quantitative estimate of drug-likeness (QED) is 0.287. The summed E-state index contributed by atoms with van der Waals surface area (Å²) >= 11 is 0. The van der Waals surface area contributed by atoms with Crippen molar-refractivity contribution in [2.24, 2.45) is 0 Å². The van der Waals surface area contributed by atoms with Gasteiger partial charge in [0.1, 0.15) is 24.7 Å². The van der Waals surface area contributed by atoms with Crippen molar-refractivity contribution < 1.29 is 28.8 Å². The van der Waals surface area contributed by atoms with E-state index in [-0.39, 0.29) is 30.0 Å². The molecule has 1 aromatic heterocycles. The van der Waals surface area contributed by atoms with Crippen LogP contribution in [0, 0.1) is 0 Å². The van der Waals surface area contributed by atoms with E-state index in [2.05, 4.69) is 5.32 Å². The molecule has 0 saturated carbocycles. The number of fused-ring (bicyclic) bond motifs is 2. The number of amides is 1. The lowest BCUT2D eigenvalue weighted by molar-refractivity contribution is -0.194. The van der Waals surface area contributed by atoms with E-state index in [1.54, 1.807) is 72.3 Å². The molecule has 188 valence electrons. The van der Waals surface area contributed by atoms with Gasteiger partial charge in [0.25, 0.3) is 0 Å². The van der Waals surface area contributed by atoms with Crippen LogP contribution in [0.4, 0.5) is 5.69 Å². The number of hydrogen-bond donors (Lipinski definition) is 1. The number of pyridine rings is 1. The number of methoxy groups -OCH3 is 1. The molecule has 37 heavy (non-hydrogen) atoms. The molecular formula is C28H24N2O7. The van der Waals surface area contributed by atoms with Gasteiger partial charge in [0.05, 0.1) is 30.2 Å². The standard InChI is InChI=1S/C28H24N2O7/c1-3-35-21-8-4-17(5-9-21)27(32)23-14-30(15-26(31)29-19-6-10-20(34-2)11-7-19)24-12-18-16-36-37-25(18)13-22(24)28(23)33/h4-14H,3,15-16H2,1-2H3,(H,29,31). The van der Waals surface area contributed by atoms with Gasteiger partial charge in [-0.05, 0) is 67.6 Å². The Bertz CT molecular complexity index is 1540. The fourth-order valence-corrected chi connectivity index (χ4v) is 4.15. The lowest BCUT2D eigenvalue weighted by Crippen LogP contribution is -2.24. The predicted molar refractivity (Wildman–Crippen MR) is 136 cm³/mol. The van der Waals surface area contributed by atoms with Crippen molar-refractivity contribution in [3.8, 4) is 17.2 Å². The van der Waals surface area contributed by atoms with Crippen molar-refractivity contribution in [2.75, 3.05) is 19.0 Å². The predicted octanol–water partition coefficient (Wildman–Crippen LogP) is 4.10. The first-order valence-corrected chi connectivity index (χ1v) is 11.7. The largest absolute Gasteiger partial charge is 0.497 e. The SMILES string of the molecule is CCOc1ccc(C(=O)c2cn(CC(=O)Nc3ccc(OC)cc3)c3cc4c(cc3c2=O)OOC4)cc1. The number of carbonyl (C=O) groups excluding carboxylic acids is 2. The smallest absolute Gasteiger partial charge is 0.244 e. The van der Waals surface area contributed by atoms with Gasteiger partial charge in [-0.2, -0.15) is 4.89 Å². The minimum atomic E-state index is -0.461. The molecule has 0 radical (unpaired) electrons. The van der Waals surface area contributed by atoms with Crippen LogP contribution in [-0.2, 0) is 22.8 Å². The second-order valence-corrected chi connectivity index (χ2v) is 8.39. The highest BCUT2D eigenvalue weighted by Gasteiger charge is 2.22. The third kappa shape index (κ3) is 4.89. The Morgan fingerprint density at radius 3 is 2.46 bits per heavy atom. The van der Waals surface area contributed by atoms with Gasteiger partial charge in [-0.15, -0.1) is 0 Å². The number of anilines is 1. The van der Waals surface area contributed by atoms with Crippen molar-refractivity contribution in [3.63, 3.8) is 0 Å². The number of ether oxygens (including phenoxy) is 2. The van der Waals surface area contributed by atoms with Crippen LogP contribution in [0.5, 0.6) is 17.2 Å². The van der Waals surface area contributed by atoms with Crippen LogP contribution in [0.25, 0.3) is 10.9 Å². The molecule has 0 spiro atoms. The first kappa shape index (κ1) is 24.1. The van der Waals surface area contributed by atoms with Gasteiger partial charge in [0, 0.05) is 23.0 Å². The number of nitrogens with zero attached hydrogens (tertiary/aromatic N) is 1. The zero-order valence-electron chi connectivity index (χ0n) is 20.3. The number of aromatic nitrogens is 1. The van der Waals surface area contributed by atoms with Gasteiger partial charge in [-0.25, -0.2) is 0 Å². The summed E-state index contributed by atoms with van der Waals surface area (Å²) in [4.78, 5) is 50.0. The molecule has 0 unspecified atom stereocenters. The van der Waals surface area contributed by atoms with Crippen molar-refractivity contribution in [1.82, 2.24) is 4.57 Å². The molecule has 9 heteroatoms. The summed E-state index contributed by atoms with van der Waals surface area (Å²) < 4.78 is 12.2. The summed E-state index contributed by atoms with van der Waals surface area (Å²) in [5, 5.41) is 3.08. The van der Waals surface area contributed by atoms with Crippen LogP contribution in [0.1, 0.15) is 28.4 Å². The van der Waals surface area contributed by atoms with Crippen molar-refractivity contribution >= 4 is 28.3 Å². The summed E-state index contributed by atoms with van der Waals surface area (Å²) in [6.07, 6.45) is 1.43. The molecule has 4 aromatic rings. The van der Waals surface area contributed by atoms with Crippen LogP contribution >= 0.6 is 0 Å². The molecular weight excluding hydrogens is 476 g/mol. The van der Waals surface area contributed by atoms with E-state index in [0.717, 1.165) is 5.56 Å². The highest BCUT2D eigenvalue weighted by molar-refractivity contribution is 6.10. The fraction of sp³-hybridized carbons (Fsp3) is 0.179. The molecule has 1 aliphatic heterocycles. The fourth-order valence-electron chi connectivity index (χ4n) is 4.15. The minimum Gasteiger partial charge on any atom is -0.497 e. The molecule has 0 aliphatic carbocycles. The van der Waals surface area contributed by atoms with Crippen LogP contribution in [0.15, 0.2) is 71.7 Å². The van der Waals surface area contributed by atoms with Crippen LogP contribution in [-0.4, -0.2) is 30.0 Å². The van der Waals surface area contributed by atoms with Gasteiger partial charge in [0.15, 0.2) is 11.5 Å². The Labute approximate surface area is 212 Å². The zero-order valence-corrected chi connectivity index (χ0v) is 20.3. The van der Waals surface area contributed by atoms with E-state index < -0.39 is 11.2 Å². The Balaban J connectivity index is 1.53. The first-order valence-electron chi connectivity index (χ1n) is 11.7. The number of nitrogens with one attached hydrogen (secondary N) is 1. The molecule has 5 rings (SSSR count). The number of carbonyl (C=O) groups is 2. The molecule has 2 heterocycles. The van der Waals surface area contributed by atoms with Crippen LogP contribution in [0.2, 0.25) is 0 Å². The Morgan fingerprint density at radius 1 is 1.03 bits per heavy atom. The second kappa shape index (κ2) is 10.2. The zero-order chi connectivity index (χ0) is 25.9. The third-order valence-electron chi connectivity index (χ3n) is 5.99. The molecule has 3 aromatic carbocycles. The number of rotatable bonds is 8. The van der Waals surface area contributed by atoms with E-state index in [9.17, 15) is 14.4 Å². The highest BCUT2D eigenvalue weighted by atomic mass is 17.2. The van der Waals surface area contributed by atoms with Gasteiger partial charge >= 0.3 is 0 Å². The monoisotopic (exact) mass is 500 g/mol. The average Bonchev–Trinajstić information content (AvgIpc) is 3.38. The lowest BCUT2D eigenvalue weighted by Gasteiger charge is -2.14. The van der Waals surface area contributed by atoms with Gasteiger partial charge < -0.3 is 24.2 Å². The summed E-state index contributed by atoms with van der Waals surface area (Å²) in [5.41, 5.74) is 1.62. The molecule has 1 N–H and O–H groups in total. The normalized spacial score (nSPS) is 12.1. The van der Waals surface area contributed by atoms with Crippen molar-refractivity contribution in [3.05, 3.63) is 93.8 Å². The van der Waals surface area contributed by atoms with Crippen LogP contribution < -0.4 is 25.1 Å². The second-order valence-electron chi connectivity index (χ2n) is 8.39. The maximum Gasteiger partial charge on any atom is 0.244 e. The van der Waals surface area contributed by atoms with E-state index in [1.807, 2.05) is 6.92 Å². The van der Waals surface area contributed by atoms with Crippen molar-refractivity contribution in [2.45, 2.75) is 20.1 Å². The molecule has 9 nitrogen and oxygen atoms in total. The van der Waals surface area contributed by atoms with E-state index in [0.29, 0.717) is 40.6 Å². The molecule has 1 aliphatic rings. The van der Waals surface area contributed by atoms with Crippen molar-refractivity contribution in [1.29, 1.82) is 0 Å². The van der Waals surface area contributed by atoms with Gasteiger partial charge in [-0.1, -0.05) is 0 Å². The summed E-state index contributed by atoms with van der Waals surface area (Å²) in [7, 11) is 1.56. The Hall–Kier alpha value is -4.63. The third-order valence-corrected chi connectivity index (χ3v) is 5.99. The maximum absolute atomic E-state index is 13.4. The summed E-state index contributed by atoms with van der Waals surface area (Å²) in [6.45, 7) is 2.45. The maximum atomic E-state index is 13.4. The molecule has 0 bridgehead atoms. The topological polar surface area (TPSA) is 105 Å². The van der Waals surface area contributed by atoms with E-state index in [1.165, 1.54) is 6.20 Å². The number of benzene rings is 3. The number of hydrogen-bond acceptors (Lipinski definition) is 7. The number of ketones is 1. The highest BCUT2D eigenvalue weighted by Crippen LogP contribution is 2.30. The Morgan fingerprint density at radius 2 is 1.76 bits per heavy atom. The summed E-state index contributed by atoms with van der Waals surface area (Å²) in [5.74, 6) is 0.905. The Kier molecular flexibility index (Phi) is 6.61. The summed E-state index contributed by atoms with van der Waals surface area (Å²) in [6, 6.07) is 16.8. The van der Waals surface area contributed by atoms with Gasteiger partial charge in [0.2, 0.25) is 11.3 Å². The minimum absolute atomic E-state index is 0.0622. The van der Waals surface area contributed by atoms with Crippen LogP contribution in [0.3, 0.4) is 0 Å².